The van der Waals surface area contributed by atoms with Crippen molar-refractivity contribution < 1.29 is 23.9 Å². The van der Waals surface area contributed by atoms with E-state index in [1.165, 1.54) is 24.3 Å². The van der Waals surface area contributed by atoms with Gasteiger partial charge >= 0.3 is 5.97 Å². The second-order valence-corrected chi connectivity index (χ2v) is 10.2. The van der Waals surface area contributed by atoms with Crippen LogP contribution < -0.4 is 10.6 Å². The van der Waals surface area contributed by atoms with Gasteiger partial charge in [0.25, 0.3) is 5.91 Å². The number of benzene rings is 2. The molecule has 0 aromatic heterocycles. The third-order valence-electron chi connectivity index (χ3n) is 6.85. The third-order valence-corrected chi connectivity index (χ3v) is 7.86. The lowest BCUT2D eigenvalue weighted by Gasteiger charge is -2.35. The molecule has 7 nitrogen and oxygen atoms in total. The molecule has 2 aromatic rings. The van der Waals surface area contributed by atoms with Crippen LogP contribution >= 0.6 is 46.4 Å². The van der Waals surface area contributed by atoms with Crippen molar-refractivity contribution in [2.75, 3.05) is 17.2 Å². The standard InChI is InChI=1S/C22H16Cl4FN3O4/c23-8-4-10-18(12(26)6-8)29-21(34)22(10)16(20(32)33)15(14-2-1-3-30(14)22)19(31)28-13-7-9(24)5-11(25)17(13)27/h4-7,14-16H,1-3H2,(H,28,31)(H,29,34)(H,32,33). The highest BCUT2D eigenvalue weighted by molar-refractivity contribution is 6.38. The van der Waals surface area contributed by atoms with Gasteiger partial charge in [0.1, 0.15) is 11.5 Å². The van der Waals surface area contributed by atoms with Gasteiger partial charge in [0.05, 0.1) is 27.3 Å². The highest BCUT2D eigenvalue weighted by Gasteiger charge is 2.71. The number of nitrogens with zero attached hydrogens (tertiary/aromatic N) is 1. The lowest BCUT2D eigenvalue weighted by Crippen LogP contribution is -2.53. The van der Waals surface area contributed by atoms with E-state index in [4.69, 9.17) is 46.4 Å². The van der Waals surface area contributed by atoms with Crippen molar-refractivity contribution in [1.29, 1.82) is 0 Å². The number of carbonyl (C=O) groups excluding carboxylic acids is 2. The highest BCUT2D eigenvalue weighted by atomic mass is 35.5. The minimum absolute atomic E-state index is 0.0928. The molecule has 3 N–H and O–H groups in total. The number of rotatable bonds is 3. The fraction of sp³-hybridized carbons (Fsp3) is 0.318. The van der Waals surface area contributed by atoms with Gasteiger partial charge in [-0.05, 0) is 43.7 Å². The summed E-state index contributed by atoms with van der Waals surface area (Å²) in [7, 11) is 0. The third kappa shape index (κ3) is 3.23. The second-order valence-electron chi connectivity index (χ2n) is 8.51. The molecule has 2 aromatic carbocycles. The predicted molar refractivity (Wildman–Crippen MR) is 126 cm³/mol. The predicted octanol–water partition coefficient (Wildman–Crippen LogP) is 5.02. The first-order chi connectivity index (χ1) is 16.1. The normalized spacial score (nSPS) is 27.6. The molecule has 0 bridgehead atoms. The molecule has 178 valence electrons. The highest BCUT2D eigenvalue weighted by Crippen LogP contribution is 2.59. The van der Waals surface area contributed by atoms with E-state index in [0.29, 0.717) is 24.9 Å². The number of fused-ring (bicyclic) bond motifs is 4. The van der Waals surface area contributed by atoms with Gasteiger partial charge in [-0.25, -0.2) is 4.39 Å². The molecule has 0 aliphatic carbocycles. The van der Waals surface area contributed by atoms with Crippen LogP contribution in [-0.4, -0.2) is 40.4 Å². The molecule has 0 saturated carbocycles. The first-order valence-electron chi connectivity index (χ1n) is 10.3. The maximum absolute atomic E-state index is 14.6. The number of aliphatic carboxylic acids is 1. The van der Waals surface area contributed by atoms with E-state index in [1.54, 1.807) is 4.90 Å². The zero-order chi connectivity index (χ0) is 24.5. The molecular weight excluding hydrogens is 531 g/mol. The molecule has 34 heavy (non-hydrogen) atoms. The summed E-state index contributed by atoms with van der Waals surface area (Å²) in [5.74, 6) is -6.29. The van der Waals surface area contributed by atoms with E-state index in [2.05, 4.69) is 10.6 Å². The molecule has 3 heterocycles. The summed E-state index contributed by atoms with van der Waals surface area (Å²) < 4.78 is 14.6. The molecule has 3 aliphatic rings. The fourth-order valence-corrected chi connectivity index (χ4v) is 6.75. The number of hydrogen-bond donors (Lipinski definition) is 3. The van der Waals surface area contributed by atoms with Gasteiger partial charge < -0.3 is 15.7 Å². The second kappa shape index (κ2) is 8.24. The number of amides is 2. The van der Waals surface area contributed by atoms with Crippen LogP contribution in [0.2, 0.25) is 20.1 Å². The van der Waals surface area contributed by atoms with Gasteiger partial charge in [-0.2, -0.15) is 0 Å². The minimum Gasteiger partial charge on any atom is -0.481 e. The zero-order valence-electron chi connectivity index (χ0n) is 17.2. The molecule has 4 unspecified atom stereocenters. The first-order valence-corrected chi connectivity index (χ1v) is 11.8. The van der Waals surface area contributed by atoms with Crippen LogP contribution in [0.4, 0.5) is 15.8 Å². The largest absolute Gasteiger partial charge is 0.481 e. The number of carboxylic acid groups (broad SMARTS) is 1. The number of hydrogen-bond acceptors (Lipinski definition) is 4. The number of anilines is 2. The Bertz CT molecular complexity index is 1280. The number of halogens is 5. The maximum atomic E-state index is 14.6. The van der Waals surface area contributed by atoms with Crippen LogP contribution in [0.15, 0.2) is 24.3 Å². The Morgan fingerprint density at radius 3 is 2.50 bits per heavy atom. The molecule has 2 amide bonds. The summed E-state index contributed by atoms with van der Waals surface area (Å²) in [6, 6.07) is 4.73. The Morgan fingerprint density at radius 1 is 1.12 bits per heavy atom. The quantitative estimate of drug-likeness (QED) is 0.469. The Hall–Kier alpha value is -2.10. The smallest absolute Gasteiger partial charge is 0.310 e. The Balaban J connectivity index is 1.65. The lowest BCUT2D eigenvalue weighted by molar-refractivity contribution is -0.152. The summed E-state index contributed by atoms with van der Waals surface area (Å²) in [4.78, 5) is 41.4. The van der Waals surface area contributed by atoms with Crippen molar-refractivity contribution in [3.8, 4) is 0 Å². The molecule has 2 fully saturated rings. The Labute approximate surface area is 213 Å². The van der Waals surface area contributed by atoms with E-state index in [9.17, 15) is 23.9 Å². The first kappa shape index (κ1) is 23.6. The summed E-state index contributed by atoms with van der Waals surface area (Å²) in [5.41, 5.74) is -1.41. The minimum atomic E-state index is -1.70. The van der Waals surface area contributed by atoms with Crippen molar-refractivity contribution >= 4 is 75.6 Å². The van der Waals surface area contributed by atoms with E-state index < -0.39 is 47.0 Å². The average Bonchev–Trinajstić information content (AvgIpc) is 3.40. The van der Waals surface area contributed by atoms with Gasteiger partial charge in [0.2, 0.25) is 5.91 Å². The van der Waals surface area contributed by atoms with Crippen LogP contribution in [0.25, 0.3) is 0 Å². The van der Waals surface area contributed by atoms with Crippen molar-refractivity contribution in [3.05, 3.63) is 55.7 Å². The van der Waals surface area contributed by atoms with Crippen LogP contribution in [0.5, 0.6) is 0 Å². The Morgan fingerprint density at radius 2 is 1.79 bits per heavy atom. The SMILES string of the molecule is O=C(Nc1cc(Cl)cc(Cl)c1F)C1C2CCCN2C2(C(=O)Nc3c(Cl)cc(Cl)cc32)C1C(=O)O. The molecule has 4 atom stereocenters. The van der Waals surface area contributed by atoms with Gasteiger partial charge in [-0.3, -0.25) is 19.3 Å². The van der Waals surface area contributed by atoms with Crippen molar-refractivity contribution in [1.82, 2.24) is 4.90 Å². The molecule has 0 radical (unpaired) electrons. The van der Waals surface area contributed by atoms with E-state index in [1.807, 2.05) is 0 Å². The molecule has 1 spiro atoms. The van der Waals surface area contributed by atoms with Crippen LogP contribution in [-0.2, 0) is 19.9 Å². The lowest BCUT2D eigenvalue weighted by atomic mass is 9.73. The van der Waals surface area contributed by atoms with E-state index in [0.717, 1.165) is 0 Å². The molecule has 3 aliphatic heterocycles. The summed E-state index contributed by atoms with van der Waals surface area (Å²) in [5, 5.41) is 15.7. The molecule has 2 saturated heterocycles. The average molecular weight is 547 g/mol. The van der Waals surface area contributed by atoms with Crippen LogP contribution in [0.3, 0.4) is 0 Å². The Kier molecular flexibility index (Phi) is 5.73. The van der Waals surface area contributed by atoms with Crippen molar-refractivity contribution in [2.24, 2.45) is 11.8 Å². The van der Waals surface area contributed by atoms with E-state index in [-0.39, 0.29) is 31.5 Å². The summed E-state index contributed by atoms with van der Waals surface area (Å²) in [6.45, 7) is 0.382. The van der Waals surface area contributed by atoms with Crippen LogP contribution in [0.1, 0.15) is 18.4 Å². The topological polar surface area (TPSA) is 98.7 Å². The summed E-state index contributed by atoms with van der Waals surface area (Å²) in [6.07, 6.45) is 1.11. The van der Waals surface area contributed by atoms with Gasteiger partial charge in [0.15, 0.2) is 5.82 Å². The number of carboxylic acids is 1. The monoisotopic (exact) mass is 545 g/mol. The molecule has 5 rings (SSSR count). The van der Waals surface area contributed by atoms with Crippen LogP contribution in [0, 0.1) is 17.7 Å². The fourth-order valence-electron chi connectivity index (χ4n) is 5.71. The number of carbonyl (C=O) groups is 3. The van der Waals surface area contributed by atoms with Crippen molar-refractivity contribution in [3.63, 3.8) is 0 Å². The maximum Gasteiger partial charge on any atom is 0.310 e. The summed E-state index contributed by atoms with van der Waals surface area (Å²) >= 11 is 24.3. The molecular formula is C22H16Cl4FN3O4. The van der Waals surface area contributed by atoms with Gasteiger partial charge in [-0.1, -0.05) is 46.4 Å². The molecule has 12 heteroatoms. The van der Waals surface area contributed by atoms with Gasteiger partial charge in [-0.15, -0.1) is 0 Å². The van der Waals surface area contributed by atoms with Crippen molar-refractivity contribution in [2.45, 2.75) is 24.4 Å². The number of nitrogens with one attached hydrogen (secondary N) is 2. The zero-order valence-corrected chi connectivity index (χ0v) is 20.2. The van der Waals surface area contributed by atoms with Gasteiger partial charge in [0, 0.05) is 21.7 Å². The van der Waals surface area contributed by atoms with E-state index >= 15 is 0 Å².